The van der Waals surface area contributed by atoms with Crippen molar-refractivity contribution in [3.63, 3.8) is 0 Å². The molecule has 9 heteroatoms. The average molecular weight is 400 g/mol. The summed E-state index contributed by atoms with van der Waals surface area (Å²) in [6.07, 6.45) is 3.68. The zero-order valence-corrected chi connectivity index (χ0v) is 15.8. The molecule has 150 valence electrons. The minimum absolute atomic E-state index is 0.0113. The number of anilines is 2. The standard InChI is InChI=1S/C20H18F2N4O3/c1-20(2)4-3-15(20)24-19(27)17-18-14(28-10-29-18)8-16(25-17)26(9-23)13-6-11(21)5-12(22)7-13/h5-8,15H,3-4,10H2,1-2H3,(H,24,27). The lowest BCUT2D eigenvalue weighted by molar-refractivity contribution is 0.0724. The van der Waals surface area contributed by atoms with Crippen LogP contribution in [0.3, 0.4) is 0 Å². The van der Waals surface area contributed by atoms with Gasteiger partial charge in [-0.2, -0.15) is 5.26 Å². The molecule has 1 aliphatic carbocycles. The Balaban J connectivity index is 1.72. The molecule has 4 rings (SSSR count). The number of benzene rings is 1. The number of pyridine rings is 1. The number of hydrogen-bond acceptors (Lipinski definition) is 6. The maximum absolute atomic E-state index is 13.6. The van der Waals surface area contributed by atoms with Crippen molar-refractivity contribution in [2.24, 2.45) is 5.41 Å². The third-order valence-corrected chi connectivity index (χ3v) is 5.32. The lowest BCUT2D eigenvalue weighted by Crippen LogP contribution is -2.52. The van der Waals surface area contributed by atoms with Crippen LogP contribution in [-0.4, -0.2) is 23.7 Å². The van der Waals surface area contributed by atoms with E-state index in [9.17, 15) is 18.8 Å². The SMILES string of the molecule is CC1(C)CCC1NC(=O)c1nc(N(C#N)c2cc(F)cc(F)c2)cc2c1OCO2. The fourth-order valence-corrected chi connectivity index (χ4v) is 3.43. The Bertz CT molecular complexity index is 1010. The second-order valence-corrected chi connectivity index (χ2v) is 7.68. The number of fused-ring (bicyclic) bond motifs is 1. The van der Waals surface area contributed by atoms with Crippen LogP contribution in [0.2, 0.25) is 0 Å². The normalized spacial score (nSPS) is 18.5. The lowest BCUT2D eigenvalue weighted by Gasteiger charge is -2.44. The van der Waals surface area contributed by atoms with Crippen LogP contribution >= 0.6 is 0 Å². The molecular formula is C20H18F2N4O3. The number of carbonyl (C=O) groups is 1. The first-order valence-electron chi connectivity index (χ1n) is 9.06. The fraction of sp³-hybridized carbons (Fsp3) is 0.350. The monoisotopic (exact) mass is 400 g/mol. The van der Waals surface area contributed by atoms with Crippen LogP contribution in [0.25, 0.3) is 0 Å². The summed E-state index contributed by atoms with van der Waals surface area (Å²) in [4.78, 5) is 18.0. The van der Waals surface area contributed by atoms with Crippen LogP contribution in [0, 0.1) is 28.5 Å². The van der Waals surface area contributed by atoms with Crippen molar-refractivity contribution in [1.82, 2.24) is 10.3 Å². The Morgan fingerprint density at radius 1 is 1.28 bits per heavy atom. The predicted molar refractivity (Wildman–Crippen MR) is 98.7 cm³/mol. The fourth-order valence-electron chi connectivity index (χ4n) is 3.43. The summed E-state index contributed by atoms with van der Waals surface area (Å²) < 4.78 is 38.0. The molecule has 1 amide bonds. The van der Waals surface area contributed by atoms with Crippen molar-refractivity contribution in [3.8, 4) is 17.7 Å². The van der Waals surface area contributed by atoms with E-state index >= 15 is 0 Å². The second kappa shape index (κ2) is 6.88. The molecule has 0 bridgehead atoms. The molecule has 1 unspecified atom stereocenters. The summed E-state index contributed by atoms with van der Waals surface area (Å²) in [6.45, 7) is 4.02. The highest BCUT2D eigenvalue weighted by Crippen LogP contribution is 2.42. The van der Waals surface area contributed by atoms with Gasteiger partial charge in [0.15, 0.2) is 29.2 Å². The third-order valence-electron chi connectivity index (χ3n) is 5.32. The molecule has 1 saturated carbocycles. The molecule has 1 aromatic heterocycles. The van der Waals surface area contributed by atoms with Crippen LogP contribution in [0.4, 0.5) is 20.3 Å². The van der Waals surface area contributed by atoms with E-state index in [0.717, 1.165) is 29.9 Å². The third kappa shape index (κ3) is 3.42. The van der Waals surface area contributed by atoms with Crippen molar-refractivity contribution in [3.05, 3.63) is 41.6 Å². The minimum Gasteiger partial charge on any atom is -0.453 e. The van der Waals surface area contributed by atoms with Gasteiger partial charge in [-0.15, -0.1) is 0 Å². The molecule has 1 aromatic carbocycles. The van der Waals surface area contributed by atoms with E-state index in [1.54, 1.807) is 0 Å². The Kier molecular flexibility index (Phi) is 4.49. The molecule has 29 heavy (non-hydrogen) atoms. The van der Waals surface area contributed by atoms with Gasteiger partial charge in [-0.1, -0.05) is 13.8 Å². The van der Waals surface area contributed by atoms with Crippen LogP contribution in [-0.2, 0) is 0 Å². The molecule has 1 fully saturated rings. The molecule has 0 radical (unpaired) electrons. The van der Waals surface area contributed by atoms with Gasteiger partial charge >= 0.3 is 0 Å². The van der Waals surface area contributed by atoms with Crippen LogP contribution in [0.5, 0.6) is 11.5 Å². The van der Waals surface area contributed by atoms with E-state index in [1.165, 1.54) is 6.07 Å². The maximum Gasteiger partial charge on any atom is 0.274 e. The number of nitriles is 1. The zero-order chi connectivity index (χ0) is 20.8. The largest absolute Gasteiger partial charge is 0.453 e. The highest BCUT2D eigenvalue weighted by Gasteiger charge is 2.40. The molecule has 1 aliphatic heterocycles. The van der Waals surface area contributed by atoms with E-state index in [0.29, 0.717) is 6.07 Å². The second-order valence-electron chi connectivity index (χ2n) is 7.68. The number of nitrogens with zero attached hydrogens (tertiary/aromatic N) is 3. The molecule has 2 heterocycles. The highest BCUT2D eigenvalue weighted by atomic mass is 19.1. The number of aromatic nitrogens is 1. The molecule has 0 saturated heterocycles. The molecule has 1 atom stereocenters. The smallest absolute Gasteiger partial charge is 0.274 e. The van der Waals surface area contributed by atoms with Crippen molar-refractivity contribution in [1.29, 1.82) is 5.26 Å². The number of hydrogen-bond donors (Lipinski definition) is 1. The van der Waals surface area contributed by atoms with Gasteiger partial charge < -0.3 is 14.8 Å². The number of rotatable bonds is 4. The Morgan fingerprint density at radius 2 is 2.00 bits per heavy atom. The summed E-state index contributed by atoms with van der Waals surface area (Å²) in [7, 11) is 0. The predicted octanol–water partition coefficient (Wildman–Crippen LogP) is 3.63. The van der Waals surface area contributed by atoms with E-state index in [2.05, 4.69) is 24.1 Å². The van der Waals surface area contributed by atoms with Gasteiger partial charge in [-0.05, 0) is 30.4 Å². The van der Waals surface area contributed by atoms with E-state index < -0.39 is 17.5 Å². The first-order chi connectivity index (χ1) is 13.8. The number of amides is 1. The molecule has 2 aliphatic rings. The highest BCUT2D eigenvalue weighted by molar-refractivity contribution is 5.97. The molecule has 0 spiro atoms. The van der Waals surface area contributed by atoms with Crippen LogP contribution < -0.4 is 19.7 Å². The number of ether oxygens (including phenoxy) is 2. The minimum atomic E-state index is -0.842. The van der Waals surface area contributed by atoms with Crippen LogP contribution in [0.1, 0.15) is 37.2 Å². The molecular weight excluding hydrogens is 382 g/mol. The molecule has 2 aromatic rings. The van der Waals surface area contributed by atoms with E-state index in [4.69, 9.17) is 9.47 Å². The van der Waals surface area contributed by atoms with Crippen LogP contribution in [0.15, 0.2) is 24.3 Å². The van der Waals surface area contributed by atoms with E-state index in [-0.39, 0.29) is 46.9 Å². The van der Waals surface area contributed by atoms with Crippen molar-refractivity contribution >= 4 is 17.4 Å². The summed E-state index contributed by atoms with van der Waals surface area (Å²) >= 11 is 0. The van der Waals surface area contributed by atoms with Gasteiger partial charge in [0, 0.05) is 18.2 Å². The molecule has 7 nitrogen and oxygen atoms in total. The Hall–Kier alpha value is -3.41. The lowest BCUT2D eigenvalue weighted by atomic mass is 9.67. The van der Waals surface area contributed by atoms with Gasteiger partial charge in [0.1, 0.15) is 11.6 Å². The summed E-state index contributed by atoms with van der Waals surface area (Å²) in [5.74, 6) is -1.76. The summed E-state index contributed by atoms with van der Waals surface area (Å²) in [5, 5.41) is 12.5. The zero-order valence-electron chi connectivity index (χ0n) is 15.8. The van der Waals surface area contributed by atoms with Crippen molar-refractivity contribution < 1.29 is 23.0 Å². The summed E-state index contributed by atoms with van der Waals surface area (Å²) in [5.41, 5.74) is -0.136. The average Bonchev–Trinajstić information content (AvgIpc) is 3.13. The summed E-state index contributed by atoms with van der Waals surface area (Å²) in [6, 6.07) is 4.07. The first-order valence-corrected chi connectivity index (χ1v) is 9.06. The van der Waals surface area contributed by atoms with Gasteiger partial charge in [0.05, 0.1) is 5.69 Å². The molecule has 1 N–H and O–H groups in total. The van der Waals surface area contributed by atoms with Gasteiger partial charge in [0.2, 0.25) is 6.79 Å². The number of halogens is 2. The Morgan fingerprint density at radius 3 is 2.59 bits per heavy atom. The first kappa shape index (κ1) is 18.9. The quantitative estimate of drug-likeness (QED) is 0.623. The van der Waals surface area contributed by atoms with Crippen molar-refractivity contribution in [2.75, 3.05) is 11.7 Å². The number of carbonyl (C=O) groups excluding carboxylic acids is 1. The van der Waals surface area contributed by atoms with E-state index in [1.807, 2.05) is 6.19 Å². The maximum atomic E-state index is 13.6. The number of nitrogens with one attached hydrogen (secondary N) is 1. The Labute approximate surface area is 165 Å². The topological polar surface area (TPSA) is 87.5 Å². The van der Waals surface area contributed by atoms with Gasteiger partial charge in [-0.25, -0.2) is 18.7 Å². The van der Waals surface area contributed by atoms with Gasteiger partial charge in [0.25, 0.3) is 5.91 Å². The van der Waals surface area contributed by atoms with Crippen molar-refractivity contribution in [2.45, 2.75) is 32.7 Å². The van der Waals surface area contributed by atoms with Gasteiger partial charge in [-0.3, -0.25) is 4.79 Å².